The molecule has 2 rings (SSSR count). The lowest BCUT2D eigenvalue weighted by molar-refractivity contribution is 0.416. The Labute approximate surface area is 110 Å². The maximum Gasteiger partial charge on any atom is 0.126 e. The molecule has 0 saturated carbocycles. The number of halogens is 2. The van der Waals surface area contributed by atoms with Crippen LogP contribution in [0.25, 0.3) is 11.1 Å². The highest BCUT2D eigenvalue weighted by molar-refractivity contribution is 5.71. The lowest BCUT2D eigenvalue weighted by atomic mass is 9.99. The van der Waals surface area contributed by atoms with Crippen LogP contribution in [-0.2, 0) is 0 Å². The van der Waals surface area contributed by atoms with Gasteiger partial charge in [0.1, 0.15) is 17.4 Å². The highest BCUT2D eigenvalue weighted by Gasteiger charge is 2.11. The summed E-state index contributed by atoms with van der Waals surface area (Å²) in [5, 5.41) is 0. The van der Waals surface area contributed by atoms with E-state index >= 15 is 0 Å². The molecule has 0 aliphatic rings. The number of hydrogen-bond donors (Lipinski definition) is 1. The third kappa shape index (κ3) is 2.90. The van der Waals surface area contributed by atoms with E-state index in [0.717, 1.165) is 11.6 Å². The largest absolute Gasteiger partial charge is 0.496 e. The molecule has 0 radical (unpaired) electrons. The van der Waals surface area contributed by atoms with Gasteiger partial charge in [-0.3, -0.25) is 0 Å². The van der Waals surface area contributed by atoms with Crippen molar-refractivity contribution in [2.75, 3.05) is 7.11 Å². The molecule has 2 aromatic carbocycles. The Kier molecular flexibility index (Phi) is 3.81. The predicted octanol–water partition coefficient (Wildman–Crippen LogP) is 3.66. The summed E-state index contributed by atoms with van der Waals surface area (Å²) in [5.74, 6) is -0.694. The van der Waals surface area contributed by atoms with Gasteiger partial charge in [0.05, 0.1) is 7.11 Å². The smallest absolute Gasteiger partial charge is 0.126 e. The number of ether oxygens (including phenoxy) is 1. The third-order valence-electron chi connectivity index (χ3n) is 2.92. The minimum absolute atomic E-state index is 0.164. The highest BCUT2D eigenvalue weighted by Crippen LogP contribution is 2.33. The van der Waals surface area contributed by atoms with Crippen LogP contribution >= 0.6 is 0 Å². The molecule has 0 bridgehead atoms. The maximum absolute atomic E-state index is 13.3. The van der Waals surface area contributed by atoms with Gasteiger partial charge >= 0.3 is 0 Å². The number of hydrogen-bond acceptors (Lipinski definition) is 2. The van der Waals surface area contributed by atoms with Crippen molar-refractivity contribution in [1.29, 1.82) is 0 Å². The van der Waals surface area contributed by atoms with Crippen LogP contribution in [-0.4, -0.2) is 7.11 Å². The molecule has 4 heteroatoms. The molecular weight excluding hydrogens is 248 g/mol. The second-order valence-electron chi connectivity index (χ2n) is 4.41. The van der Waals surface area contributed by atoms with E-state index in [9.17, 15) is 8.78 Å². The lowest BCUT2D eigenvalue weighted by Gasteiger charge is -2.13. The zero-order valence-corrected chi connectivity index (χ0v) is 10.8. The van der Waals surface area contributed by atoms with Gasteiger partial charge in [-0.1, -0.05) is 6.07 Å². The van der Waals surface area contributed by atoms with Crippen LogP contribution in [0.2, 0.25) is 0 Å². The summed E-state index contributed by atoms with van der Waals surface area (Å²) in [6.45, 7) is 1.84. The SMILES string of the molecule is COc1ccc(C(C)N)cc1-c1cc(F)cc(F)c1. The van der Waals surface area contributed by atoms with Crippen molar-refractivity contribution in [1.82, 2.24) is 0 Å². The molecule has 0 aliphatic heterocycles. The predicted molar refractivity (Wildman–Crippen MR) is 70.9 cm³/mol. The van der Waals surface area contributed by atoms with Gasteiger partial charge in [-0.15, -0.1) is 0 Å². The molecule has 2 aromatic rings. The molecular formula is C15H15F2NO. The standard InChI is InChI=1S/C15H15F2NO/c1-9(18)10-3-4-15(19-2)14(7-10)11-5-12(16)8-13(17)6-11/h3-9H,18H2,1-2H3. The fourth-order valence-corrected chi connectivity index (χ4v) is 1.94. The monoisotopic (exact) mass is 263 g/mol. The number of benzene rings is 2. The lowest BCUT2D eigenvalue weighted by Crippen LogP contribution is -2.05. The first kappa shape index (κ1) is 13.5. The van der Waals surface area contributed by atoms with Crippen LogP contribution in [0.5, 0.6) is 5.75 Å². The van der Waals surface area contributed by atoms with Crippen LogP contribution in [0.1, 0.15) is 18.5 Å². The summed E-state index contributed by atoms with van der Waals surface area (Å²) in [4.78, 5) is 0. The Morgan fingerprint density at radius 3 is 2.21 bits per heavy atom. The van der Waals surface area contributed by atoms with Crippen LogP contribution in [0, 0.1) is 11.6 Å². The number of rotatable bonds is 3. The molecule has 19 heavy (non-hydrogen) atoms. The van der Waals surface area contributed by atoms with Gasteiger partial charge in [-0.2, -0.15) is 0 Å². The molecule has 0 saturated heterocycles. The fourth-order valence-electron chi connectivity index (χ4n) is 1.94. The summed E-state index contributed by atoms with van der Waals surface area (Å²) < 4.78 is 31.8. The van der Waals surface area contributed by atoms with E-state index in [-0.39, 0.29) is 6.04 Å². The van der Waals surface area contributed by atoms with Gasteiger partial charge in [-0.05, 0) is 42.3 Å². The van der Waals surface area contributed by atoms with Gasteiger partial charge in [0.15, 0.2) is 0 Å². The van der Waals surface area contributed by atoms with E-state index < -0.39 is 11.6 Å². The summed E-state index contributed by atoms with van der Waals surface area (Å²) in [6, 6.07) is 8.59. The summed E-state index contributed by atoms with van der Waals surface area (Å²) in [6.07, 6.45) is 0. The first-order valence-electron chi connectivity index (χ1n) is 5.91. The molecule has 0 spiro atoms. The Bertz CT molecular complexity index is 576. The first-order valence-corrected chi connectivity index (χ1v) is 5.91. The first-order chi connectivity index (χ1) is 9.01. The third-order valence-corrected chi connectivity index (χ3v) is 2.92. The van der Waals surface area contributed by atoms with E-state index in [2.05, 4.69) is 0 Å². The van der Waals surface area contributed by atoms with Gasteiger partial charge in [-0.25, -0.2) is 8.78 Å². The van der Waals surface area contributed by atoms with Crippen molar-refractivity contribution >= 4 is 0 Å². The second kappa shape index (κ2) is 5.36. The minimum Gasteiger partial charge on any atom is -0.496 e. The zero-order chi connectivity index (χ0) is 14.0. The van der Waals surface area contributed by atoms with Crippen LogP contribution in [0.4, 0.5) is 8.78 Å². The minimum atomic E-state index is -0.622. The summed E-state index contributed by atoms with van der Waals surface area (Å²) in [7, 11) is 1.51. The molecule has 1 atom stereocenters. The molecule has 2 N–H and O–H groups in total. The molecule has 100 valence electrons. The van der Waals surface area contributed by atoms with E-state index in [1.807, 2.05) is 13.0 Å². The summed E-state index contributed by atoms with van der Waals surface area (Å²) in [5.41, 5.74) is 7.75. The fraction of sp³-hybridized carbons (Fsp3) is 0.200. The Morgan fingerprint density at radius 1 is 1.05 bits per heavy atom. The van der Waals surface area contributed by atoms with Crippen LogP contribution < -0.4 is 10.5 Å². The van der Waals surface area contributed by atoms with Crippen molar-refractivity contribution in [3.63, 3.8) is 0 Å². The van der Waals surface area contributed by atoms with E-state index in [0.29, 0.717) is 16.9 Å². The highest BCUT2D eigenvalue weighted by atomic mass is 19.1. The van der Waals surface area contributed by atoms with Gasteiger partial charge in [0.2, 0.25) is 0 Å². The number of methoxy groups -OCH3 is 1. The Hall–Kier alpha value is -1.94. The molecule has 0 fully saturated rings. The van der Waals surface area contributed by atoms with Gasteiger partial charge in [0, 0.05) is 17.7 Å². The van der Waals surface area contributed by atoms with Crippen molar-refractivity contribution in [3.05, 3.63) is 53.6 Å². The van der Waals surface area contributed by atoms with E-state index in [4.69, 9.17) is 10.5 Å². The van der Waals surface area contributed by atoms with Crippen molar-refractivity contribution < 1.29 is 13.5 Å². The Morgan fingerprint density at radius 2 is 1.68 bits per heavy atom. The topological polar surface area (TPSA) is 35.2 Å². The number of nitrogens with two attached hydrogens (primary N) is 1. The maximum atomic E-state index is 13.3. The second-order valence-corrected chi connectivity index (χ2v) is 4.41. The average molecular weight is 263 g/mol. The molecule has 0 amide bonds. The zero-order valence-electron chi connectivity index (χ0n) is 10.8. The van der Waals surface area contributed by atoms with Crippen molar-refractivity contribution in [3.8, 4) is 16.9 Å². The van der Waals surface area contributed by atoms with Gasteiger partial charge < -0.3 is 10.5 Å². The van der Waals surface area contributed by atoms with Crippen LogP contribution in [0.3, 0.4) is 0 Å². The molecule has 1 unspecified atom stereocenters. The average Bonchev–Trinajstić information content (AvgIpc) is 2.36. The quantitative estimate of drug-likeness (QED) is 0.917. The van der Waals surface area contributed by atoms with Gasteiger partial charge in [0.25, 0.3) is 0 Å². The molecule has 0 heterocycles. The van der Waals surface area contributed by atoms with E-state index in [1.165, 1.54) is 19.2 Å². The molecule has 2 nitrogen and oxygen atoms in total. The molecule has 0 aromatic heterocycles. The van der Waals surface area contributed by atoms with Crippen molar-refractivity contribution in [2.45, 2.75) is 13.0 Å². The Balaban J connectivity index is 2.61. The summed E-state index contributed by atoms with van der Waals surface area (Å²) >= 11 is 0. The molecule has 0 aliphatic carbocycles. The van der Waals surface area contributed by atoms with Crippen LogP contribution in [0.15, 0.2) is 36.4 Å². The van der Waals surface area contributed by atoms with Crippen molar-refractivity contribution in [2.24, 2.45) is 5.73 Å². The normalized spacial score (nSPS) is 12.3. The van der Waals surface area contributed by atoms with E-state index in [1.54, 1.807) is 12.1 Å².